The van der Waals surface area contributed by atoms with Gasteiger partial charge in [0.1, 0.15) is 6.61 Å². The Labute approximate surface area is 195 Å². The Kier molecular flexibility index (Phi) is 7.16. The van der Waals surface area contributed by atoms with Crippen molar-refractivity contribution >= 4 is 18.0 Å². The number of amides is 2. The number of rotatable bonds is 10. The number of carboxylic acids is 1. The van der Waals surface area contributed by atoms with Gasteiger partial charge in [-0.05, 0) is 28.7 Å². The molecule has 0 radical (unpaired) electrons. The van der Waals surface area contributed by atoms with E-state index in [1.54, 1.807) is 0 Å². The molecule has 10 heteroatoms. The van der Waals surface area contributed by atoms with Crippen LogP contribution in [-0.4, -0.2) is 57.8 Å². The van der Waals surface area contributed by atoms with Crippen LogP contribution in [0.5, 0.6) is 0 Å². The SMILES string of the molecule is O=C(O)CCCNC(=O)c1cn(CCNC(=O)OCC2c3ccccc3-c3ccccc32)nn1. The van der Waals surface area contributed by atoms with E-state index in [4.69, 9.17) is 9.84 Å². The molecule has 4 rings (SSSR count). The van der Waals surface area contributed by atoms with Gasteiger partial charge in [0.25, 0.3) is 5.91 Å². The predicted octanol–water partition coefficient (Wildman–Crippen LogP) is 2.41. The van der Waals surface area contributed by atoms with E-state index in [2.05, 4.69) is 45.2 Å². The summed E-state index contributed by atoms with van der Waals surface area (Å²) in [6.45, 7) is 1.03. The molecule has 3 aromatic rings. The molecule has 2 amide bonds. The molecule has 2 aromatic carbocycles. The third-order valence-corrected chi connectivity index (χ3v) is 5.58. The molecule has 0 atom stereocenters. The maximum atomic E-state index is 12.2. The second-order valence-corrected chi connectivity index (χ2v) is 7.87. The standard InChI is InChI=1S/C24H25N5O5/c30-22(31)10-5-11-25-23(32)21-14-29(28-27-21)13-12-26-24(33)34-15-20-18-8-3-1-6-16(18)17-7-2-4-9-19(17)20/h1-4,6-9,14,20H,5,10-13,15H2,(H,25,32)(H,26,33)(H,30,31). The lowest BCUT2D eigenvalue weighted by molar-refractivity contribution is -0.137. The fraction of sp³-hybridized carbons (Fsp3) is 0.292. The van der Waals surface area contributed by atoms with Crippen LogP contribution in [0, 0.1) is 0 Å². The van der Waals surface area contributed by atoms with Gasteiger partial charge in [-0.2, -0.15) is 0 Å². The Morgan fingerprint density at radius 3 is 2.32 bits per heavy atom. The van der Waals surface area contributed by atoms with Crippen LogP contribution in [0.3, 0.4) is 0 Å². The maximum Gasteiger partial charge on any atom is 0.407 e. The van der Waals surface area contributed by atoms with Crippen molar-refractivity contribution in [1.29, 1.82) is 0 Å². The number of alkyl carbamates (subject to hydrolysis) is 1. The molecular weight excluding hydrogens is 438 g/mol. The first-order chi connectivity index (χ1) is 16.5. The first-order valence-corrected chi connectivity index (χ1v) is 11.0. The molecule has 3 N–H and O–H groups in total. The molecule has 1 aliphatic carbocycles. The fourth-order valence-electron chi connectivity index (χ4n) is 3.97. The monoisotopic (exact) mass is 463 g/mol. The highest BCUT2D eigenvalue weighted by molar-refractivity contribution is 5.91. The van der Waals surface area contributed by atoms with E-state index in [0.717, 1.165) is 11.1 Å². The minimum atomic E-state index is -0.913. The average Bonchev–Trinajstić information content (AvgIpc) is 3.43. The van der Waals surface area contributed by atoms with Gasteiger partial charge in [0.2, 0.25) is 0 Å². The molecule has 1 aromatic heterocycles. The van der Waals surface area contributed by atoms with Crippen LogP contribution in [-0.2, 0) is 16.1 Å². The minimum Gasteiger partial charge on any atom is -0.481 e. The van der Waals surface area contributed by atoms with Crippen LogP contribution >= 0.6 is 0 Å². The molecule has 0 bridgehead atoms. The van der Waals surface area contributed by atoms with Crippen LogP contribution in [0.15, 0.2) is 54.7 Å². The van der Waals surface area contributed by atoms with Gasteiger partial charge >= 0.3 is 12.1 Å². The third kappa shape index (κ3) is 5.40. The van der Waals surface area contributed by atoms with Crippen molar-refractivity contribution in [1.82, 2.24) is 25.6 Å². The number of ether oxygens (including phenoxy) is 1. The Morgan fingerprint density at radius 2 is 1.65 bits per heavy atom. The number of nitrogens with one attached hydrogen (secondary N) is 2. The van der Waals surface area contributed by atoms with E-state index in [9.17, 15) is 14.4 Å². The first kappa shape index (κ1) is 23.0. The number of benzene rings is 2. The molecule has 0 saturated heterocycles. The van der Waals surface area contributed by atoms with Crippen LogP contribution in [0.4, 0.5) is 4.79 Å². The number of aliphatic carboxylic acids is 1. The van der Waals surface area contributed by atoms with E-state index in [1.165, 1.54) is 22.0 Å². The quantitative estimate of drug-likeness (QED) is 0.393. The number of carbonyl (C=O) groups is 3. The molecule has 1 aliphatic rings. The van der Waals surface area contributed by atoms with Crippen molar-refractivity contribution in [2.24, 2.45) is 0 Å². The lowest BCUT2D eigenvalue weighted by atomic mass is 9.98. The summed E-state index contributed by atoms with van der Waals surface area (Å²) in [5.74, 6) is -1.35. The zero-order valence-electron chi connectivity index (χ0n) is 18.4. The molecule has 0 fully saturated rings. The van der Waals surface area contributed by atoms with Crippen molar-refractivity contribution in [2.75, 3.05) is 19.7 Å². The first-order valence-electron chi connectivity index (χ1n) is 11.0. The molecule has 0 spiro atoms. The van der Waals surface area contributed by atoms with Gasteiger partial charge in [0.15, 0.2) is 5.69 Å². The van der Waals surface area contributed by atoms with Gasteiger partial charge in [-0.25, -0.2) is 9.48 Å². The van der Waals surface area contributed by atoms with E-state index in [-0.39, 0.29) is 37.7 Å². The van der Waals surface area contributed by atoms with Crippen molar-refractivity contribution < 1.29 is 24.2 Å². The summed E-state index contributed by atoms with van der Waals surface area (Å²) in [5.41, 5.74) is 4.75. The summed E-state index contributed by atoms with van der Waals surface area (Å²) < 4.78 is 6.93. The number of nitrogens with zero attached hydrogens (tertiary/aromatic N) is 3. The normalized spacial score (nSPS) is 12.0. The second kappa shape index (κ2) is 10.6. The smallest absolute Gasteiger partial charge is 0.407 e. The zero-order valence-corrected chi connectivity index (χ0v) is 18.4. The van der Waals surface area contributed by atoms with Gasteiger partial charge in [-0.3, -0.25) is 9.59 Å². The average molecular weight is 463 g/mol. The Balaban J connectivity index is 1.21. The van der Waals surface area contributed by atoms with Gasteiger partial charge in [0, 0.05) is 25.4 Å². The summed E-state index contributed by atoms with van der Waals surface area (Å²) in [6.07, 6.45) is 1.25. The molecule has 0 saturated carbocycles. The molecule has 0 aliphatic heterocycles. The molecule has 10 nitrogen and oxygen atoms in total. The molecule has 0 unspecified atom stereocenters. The van der Waals surface area contributed by atoms with Gasteiger partial charge in [-0.15, -0.1) is 5.10 Å². The zero-order chi connectivity index (χ0) is 23.9. The van der Waals surface area contributed by atoms with E-state index < -0.39 is 18.0 Å². The third-order valence-electron chi connectivity index (χ3n) is 5.58. The molecule has 1 heterocycles. The lowest BCUT2D eigenvalue weighted by Crippen LogP contribution is -2.29. The predicted molar refractivity (Wildman–Crippen MR) is 122 cm³/mol. The highest BCUT2D eigenvalue weighted by atomic mass is 16.5. The minimum absolute atomic E-state index is 0.00923. The van der Waals surface area contributed by atoms with E-state index in [0.29, 0.717) is 13.0 Å². The summed E-state index contributed by atoms with van der Waals surface area (Å²) in [6, 6.07) is 16.3. The van der Waals surface area contributed by atoms with Crippen molar-refractivity contribution in [3.05, 3.63) is 71.5 Å². The molecule has 34 heavy (non-hydrogen) atoms. The van der Waals surface area contributed by atoms with Crippen LogP contribution < -0.4 is 10.6 Å². The summed E-state index contributed by atoms with van der Waals surface area (Å²) in [7, 11) is 0. The number of carbonyl (C=O) groups excluding carboxylic acids is 2. The number of hydrogen-bond donors (Lipinski definition) is 3. The maximum absolute atomic E-state index is 12.2. The number of hydrogen-bond acceptors (Lipinski definition) is 6. The van der Waals surface area contributed by atoms with Crippen molar-refractivity contribution in [3.63, 3.8) is 0 Å². The Hall–Kier alpha value is -4.21. The van der Waals surface area contributed by atoms with Crippen molar-refractivity contribution in [2.45, 2.75) is 25.3 Å². The van der Waals surface area contributed by atoms with Crippen molar-refractivity contribution in [3.8, 4) is 11.1 Å². The second-order valence-electron chi connectivity index (χ2n) is 7.87. The number of carboxylic acid groups (broad SMARTS) is 1. The summed E-state index contributed by atoms with van der Waals surface area (Å²) >= 11 is 0. The summed E-state index contributed by atoms with van der Waals surface area (Å²) in [5, 5.41) is 21.6. The van der Waals surface area contributed by atoms with E-state index >= 15 is 0 Å². The number of fused-ring (bicyclic) bond motifs is 3. The summed E-state index contributed by atoms with van der Waals surface area (Å²) in [4.78, 5) is 34.7. The van der Waals surface area contributed by atoms with Crippen LogP contribution in [0.25, 0.3) is 11.1 Å². The van der Waals surface area contributed by atoms with Gasteiger partial charge in [0.05, 0.1) is 12.7 Å². The highest BCUT2D eigenvalue weighted by Crippen LogP contribution is 2.44. The van der Waals surface area contributed by atoms with Gasteiger partial charge in [-0.1, -0.05) is 53.7 Å². The van der Waals surface area contributed by atoms with Crippen LogP contribution in [0.1, 0.15) is 40.4 Å². The molecule has 176 valence electrons. The fourth-order valence-corrected chi connectivity index (χ4v) is 3.97. The lowest BCUT2D eigenvalue weighted by Gasteiger charge is -2.14. The van der Waals surface area contributed by atoms with Crippen LogP contribution in [0.2, 0.25) is 0 Å². The number of aromatic nitrogens is 3. The molecular formula is C24H25N5O5. The van der Waals surface area contributed by atoms with E-state index in [1.807, 2.05) is 24.3 Å². The highest BCUT2D eigenvalue weighted by Gasteiger charge is 2.28. The topological polar surface area (TPSA) is 135 Å². The van der Waals surface area contributed by atoms with Gasteiger partial charge < -0.3 is 20.5 Å². The largest absolute Gasteiger partial charge is 0.481 e. The Morgan fingerprint density at radius 1 is 0.971 bits per heavy atom. The Bertz CT molecular complexity index is 1150.